The van der Waals surface area contributed by atoms with Crippen LogP contribution in [0, 0.1) is 0 Å². The number of halogens is 3. The van der Waals surface area contributed by atoms with Gasteiger partial charge in [0, 0.05) is 0 Å². The summed E-state index contributed by atoms with van der Waals surface area (Å²) in [5.74, 6) is 0.0274. The molecule has 1 aromatic carbocycles. The second-order valence-corrected chi connectivity index (χ2v) is 4.94. The highest BCUT2D eigenvalue weighted by Crippen LogP contribution is 2.32. The molecule has 0 bridgehead atoms. The molecular formula is C10H6F3NOS2. The SMILES string of the molecule is O=C1CSC(=S)N1c1ccc(C(F)(F)F)cc1. The van der Waals surface area contributed by atoms with E-state index >= 15 is 0 Å². The van der Waals surface area contributed by atoms with E-state index in [-0.39, 0.29) is 11.7 Å². The second kappa shape index (κ2) is 4.30. The van der Waals surface area contributed by atoms with Crippen LogP contribution in [0.5, 0.6) is 0 Å². The molecule has 90 valence electrons. The third-order valence-corrected chi connectivity index (χ3v) is 3.56. The molecule has 0 radical (unpaired) electrons. The zero-order valence-electron chi connectivity index (χ0n) is 8.32. The fourth-order valence-electron chi connectivity index (χ4n) is 1.40. The summed E-state index contributed by atoms with van der Waals surface area (Å²) in [6, 6.07) is 4.38. The van der Waals surface area contributed by atoms with Gasteiger partial charge in [0.1, 0.15) is 4.32 Å². The summed E-state index contributed by atoms with van der Waals surface area (Å²) in [4.78, 5) is 12.7. The van der Waals surface area contributed by atoms with Gasteiger partial charge in [0.2, 0.25) is 5.91 Å². The van der Waals surface area contributed by atoms with E-state index in [1.807, 2.05) is 0 Å². The minimum atomic E-state index is -4.37. The number of rotatable bonds is 1. The molecule has 1 aliphatic rings. The van der Waals surface area contributed by atoms with Gasteiger partial charge in [0.15, 0.2) is 0 Å². The molecule has 0 aromatic heterocycles. The summed E-state index contributed by atoms with van der Waals surface area (Å²) in [6.45, 7) is 0. The molecule has 0 atom stereocenters. The zero-order chi connectivity index (χ0) is 12.6. The van der Waals surface area contributed by atoms with Crippen molar-refractivity contribution in [2.24, 2.45) is 0 Å². The number of thiocarbonyl (C=S) groups is 1. The number of benzene rings is 1. The Morgan fingerprint density at radius 1 is 1.24 bits per heavy atom. The van der Waals surface area contributed by atoms with E-state index in [1.54, 1.807) is 0 Å². The molecule has 1 saturated heterocycles. The maximum Gasteiger partial charge on any atom is 0.416 e. The first kappa shape index (κ1) is 12.4. The normalized spacial score (nSPS) is 16.8. The lowest BCUT2D eigenvalue weighted by Gasteiger charge is -2.15. The third-order valence-electron chi connectivity index (χ3n) is 2.20. The number of alkyl halides is 3. The molecule has 2 rings (SSSR count). The molecule has 0 aliphatic carbocycles. The van der Waals surface area contributed by atoms with Crippen molar-refractivity contribution in [1.82, 2.24) is 0 Å². The van der Waals surface area contributed by atoms with Gasteiger partial charge in [-0.1, -0.05) is 24.0 Å². The lowest BCUT2D eigenvalue weighted by atomic mass is 10.2. The number of hydrogen-bond donors (Lipinski definition) is 0. The average molecular weight is 277 g/mol. The molecule has 1 amide bonds. The second-order valence-electron chi connectivity index (χ2n) is 3.33. The number of carbonyl (C=O) groups is 1. The van der Waals surface area contributed by atoms with E-state index in [4.69, 9.17) is 12.2 Å². The van der Waals surface area contributed by atoms with Crippen molar-refractivity contribution >= 4 is 39.9 Å². The van der Waals surface area contributed by atoms with Crippen LogP contribution in [-0.4, -0.2) is 16.0 Å². The first-order valence-electron chi connectivity index (χ1n) is 4.56. The first-order chi connectivity index (χ1) is 7.89. The Labute approximate surface area is 105 Å². The Kier molecular flexibility index (Phi) is 3.13. The van der Waals surface area contributed by atoms with Crippen LogP contribution in [0.2, 0.25) is 0 Å². The molecular weight excluding hydrogens is 271 g/mol. The number of thioether (sulfide) groups is 1. The molecule has 0 unspecified atom stereocenters. The Bertz CT molecular complexity index is 453. The topological polar surface area (TPSA) is 20.3 Å². The van der Waals surface area contributed by atoms with Gasteiger partial charge in [-0.3, -0.25) is 9.69 Å². The van der Waals surface area contributed by atoms with Crippen LogP contribution in [0.1, 0.15) is 5.56 Å². The van der Waals surface area contributed by atoms with Gasteiger partial charge in [0.25, 0.3) is 0 Å². The van der Waals surface area contributed by atoms with Crippen LogP contribution in [0.25, 0.3) is 0 Å². The molecule has 0 spiro atoms. The molecule has 17 heavy (non-hydrogen) atoms. The van der Waals surface area contributed by atoms with Crippen molar-refractivity contribution in [2.45, 2.75) is 6.18 Å². The highest BCUT2D eigenvalue weighted by Gasteiger charge is 2.32. The Balaban J connectivity index is 2.30. The molecule has 1 aromatic rings. The Morgan fingerprint density at radius 2 is 1.82 bits per heavy atom. The quantitative estimate of drug-likeness (QED) is 0.736. The van der Waals surface area contributed by atoms with Gasteiger partial charge in [-0.05, 0) is 24.3 Å². The van der Waals surface area contributed by atoms with E-state index in [1.165, 1.54) is 28.8 Å². The summed E-state index contributed by atoms with van der Waals surface area (Å²) >= 11 is 6.16. The van der Waals surface area contributed by atoms with E-state index in [9.17, 15) is 18.0 Å². The van der Waals surface area contributed by atoms with Gasteiger partial charge in [0.05, 0.1) is 17.0 Å². The monoisotopic (exact) mass is 277 g/mol. The average Bonchev–Trinajstić information content (AvgIpc) is 2.58. The molecule has 1 fully saturated rings. The number of carbonyl (C=O) groups excluding carboxylic acids is 1. The lowest BCUT2D eigenvalue weighted by Crippen LogP contribution is -2.27. The van der Waals surface area contributed by atoms with Gasteiger partial charge in [-0.25, -0.2) is 0 Å². The van der Waals surface area contributed by atoms with Crippen molar-refractivity contribution < 1.29 is 18.0 Å². The summed E-state index contributed by atoms with van der Waals surface area (Å²) < 4.78 is 37.4. The van der Waals surface area contributed by atoms with Gasteiger partial charge < -0.3 is 0 Å². The fourth-order valence-corrected chi connectivity index (χ4v) is 2.50. The largest absolute Gasteiger partial charge is 0.416 e. The number of amides is 1. The van der Waals surface area contributed by atoms with E-state index in [0.717, 1.165) is 12.1 Å². The van der Waals surface area contributed by atoms with Crippen LogP contribution in [0.4, 0.5) is 18.9 Å². The minimum absolute atomic E-state index is 0.209. The predicted molar refractivity (Wildman–Crippen MR) is 64.0 cm³/mol. The van der Waals surface area contributed by atoms with Gasteiger partial charge in [-0.15, -0.1) is 0 Å². The van der Waals surface area contributed by atoms with Crippen molar-refractivity contribution in [1.29, 1.82) is 0 Å². The number of nitrogens with zero attached hydrogens (tertiary/aromatic N) is 1. The standard InChI is InChI=1S/C10H6F3NOS2/c11-10(12,13)6-1-3-7(4-2-6)14-8(15)5-17-9(14)16/h1-4H,5H2. The van der Waals surface area contributed by atoms with Gasteiger partial charge >= 0.3 is 6.18 Å². The van der Waals surface area contributed by atoms with Crippen molar-refractivity contribution in [2.75, 3.05) is 10.7 Å². The Morgan fingerprint density at radius 3 is 2.24 bits per heavy atom. The van der Waals surface area contributed by atoms with Crippen LogP contribution in [0.3, 0.4) is 0 Å². The lowest BCUT2D eigenvalue weighted by molar-refractivity contribution is -0.137. The fraction of sp³-hybridized carbons (Fsp3) is 0.200. The third kappa shape index (κ3) is 2.44. The van der Waals surface area contributed by atoms with Crippen LogP contribution in [-0.2, 0) is 11.0 Å². The highest BCUT2D eigenvalue weighted by molar-refractivity contribution is 8.24. The predicted octanol–water partition coefficient (Wildman–Crippen LogP) is 3.07. The minimum Gasteiger partial charge on any atom is -0.273 e. The molecule has 1 heterocycles. The molecule has 1 aliphatic heterocycles. The molecule has 7 heteroatoms. The summed E-state index contributed by atoms with van der Waals surface area (Å²) in [6.07, 6.45) is -4.37. The maximum atomic E-state index is 12.3. The summed E-state index contributed by atoms with van der Waals surface area (Å²) in [5.41, 5.74) is -0.371. The number of anilines is 1. The maximum absolute atomic E-state index is 12.3. The van der Waals surface area contributed by atoms with Crippen LogP contribution < -0.4 is 4.90 Å². The van der Waals surface area contributed by atoms with Gasteiger partial charge in [-0.2, -0.15) is 13.2 Å². The van der Waals surface area contributed by atoms with E-state index in [0.29, 0.717) is 10.0 Å². The number of hydrogen-bond acceptors (Lipinski definition) is 3. The highest BCUT2D eigenvalue weighted by atomic mass is 32.2. The Hall–Kier alpha value is -1.08. The summed E-state index contributed by atoms with van der Waals surface area (Å²) in [5, 5.41) is 0. The smallest absolute Gasteiger partial charge is 0.273 e. The molecule has 0 N–H and O–H groups in total. The van der Waals surface area contributed by atoms with Crippen LogP contribution in [0.15, 0.2) is 24.3 Å². The molecule has 0 saturated carbocycles. The van der Waals surface area contributed by atoms with Crippen molar-refractivity contribution in [3.63, 3.8) is 0 Å². The van der Waals surface area contributed by atoms with E-state index < -0.39 is 11.7 Å². The van der Waals surface area contributed by atoms with Crippen LogP contribution >= 0.6 is 24.0 Å². The first-order valence-corrected chi connectivity index (χ1v) is 5.96. The molecule has 2 nitrogen and oxygen atoms in total. The van der Waals surface area contributed by atoms with Crippen molar-refractivity contribution in [3.8, 4) is 0 Å². The van der Waals surface area contributed by atoms with E-state index in [2.05, 4.69) is 0 Å². The summed E-state index contributed by atoms with van der Waals surface area (Å²) in [7, 11) is 0. The van der Waals surface area contributed by atoms with Crippen molar-refractivity contribution in [3.05, 3.63) is 29.8 Å². The zero-order valence-corrected chi connectivity index (χ0v) is 9.96.